The summed E-state index contributed by atoms with van der Waals surface area (Å²) in [5.74, 6) is -1.14. The Morgan fingerprint density at radius 2 is 1.62 bits per heavy atom. The van der Waals surface area contributed by atoms with Crippen LogP contribution in [0.25, 0.3) is 0 Å². The number of unbranched alkanes of at least 4 members (excludes halogenated alkanes) is 1. The van der Waals surface area contributed by atoms with Crippen molar-refractivity contribution in [3.8, 4) is 0 Å². The SMILES string of the molecule is CC(CCCNC(=O)NCCCCN(C)C(C)C)C(=O)O. The third-order valence-corrected chi connectivity index (χ3v) is 3.63. The third kappa shape index (κ3) is 11.1. The molecule has 0 aromatic carbocycles. The summed E-state index contributed by atoms with van der Waals surface area (Å²) in [4.78, 5) is 24.4. The van der Waals surface area contributed by atoms with Crippen LogP contribution in [0.3, 0.4) is 0 Å². The topological polar surface area (TPSA) is 81.7 Å². The number of carboxylic acids is 1. The minimum atomic E-state index is -0.786. The van der Waals surface area contributed by atoms with Crippen molar-refractivity contribution in [1.82, 2.24) is 15.5 Å². The second-order valence-electron chi connectivity index (χ2n) is 5.85. The smallest absolute Gasteiger partial charge is 0.314 e. The Kier molecular flexibility index (Phi) is 10.7. The molecule has 3 N–H and O–H groups in total. The van der Waals surface area contributed by atoms with Crippen LogP contribution in [-0.2, 0) is 4.79 Å². The minimum absolute atomic E-state index is 0.171. The van der Waals surface area contributed by atoms with Gasteiger partial charge in [0, 0.05) is 19.1 Å². The monoisotopic (exact) mass is 301 g/mol. The van der Waals surface area contributed by atoms with Crippen molar-refractivity contribution in [2.24, 2.45) is 5.92 Å². The number of nitrogens with zero attached hydrogens (tertiary/aromatic N) is 1. The van der Waals surface area contributed by atoms with Crippen LogP contribution in [0.15, 0.2) is 0 Å². The molecule has 0 radical (unpaired) electrons. The summed E-state index contributed by atoms with van der Waals surface area (Å²) < 4.78 is 0. The summed E-state index contributed by atoms with van der Waals surface area (Å²) in [5, 5.41) is 14.3. The molecule has 21 heavy (non-hydrogen) atoms. The van der Waals surface area contributed by atoms with Gasteiger partial charge in [0.05, 0.1) is 5.92 Å². The van der Waals surface area contributed by atoms with Crippen LogP contribution in [0.1, 0.15) is 46.5 Å². The number of carbonyl (C=O) groups is 2. The van der Waals surface area contributed by atoms with Gasteiger partial charge in [-0.15, -0.1) is 0 Å². The molecule has 6 nitrogen and oxygen atoms in total. The number of amides is 2. The number of carboxylic acid groups (broad SMARTS) is 1. The van der Waals surface area contributed by atoms with Gasteiger partial charge in [-0.3, -0.25) is 4.79 Å². The molecule has 0 aliphatic rings. The molecule has 1 unspecified atom stereocenters. The molecule has 0 rings (SSSR count). The molecule has 2 amide bonds. The van der Waals surface area contributed by atoms with Gasteiger partial charge in [0.15, 0.2) is 0 Å². The lowest BCUT2D eigenvalue weighted by Crippen LogP contribution is -2.37. The van der Waals surface area contributed by atoms with Gasteiger partial charge in [0.2, 0.25) is 0 Å². The van der Waals surface area contributed by atoms with E-state index in [0.717, 1.165) is 19.4 Å². The standard InChI is InChI=1S/C15H31N3O3/c1-12(2)18(4)11-6-5-9-16-15(21)17-10-7-8-13(3)14(19)20/h12-13H,5-11H2,1-4H3,(H,19,20)(H2,16,17,21). The van der Waals surface area contributed by atoms with E-state index >= 15 is 0 Å². The van der Waals surface area contributed by atoms with Crippen LogP contribution < -0.4 is 10.6 Å². The molecule has 0 aliphatic carbocycles. The molecule has 0 heterocycles. The average Bonchev–Trinajstić information content (AvgIpc) is 2.42. The number of rotatable bonds is 11. The lowest BCUT2D eigenvalue weighted by atomic mass is 10.1. The number of hydrogen-bond donors (Lipinski definition) is 3. The molecule has 0 fully saturated rings. The quantitative estimate of drug-likeness (QED) is 0.509. The fourth-order valence-electron chi connectivity index (χ4n) is 1.74. The summed E-state index contributed by atoms with van der Waals surface area (Å²) >= 11 is 0. The van der Waals surface area contributed by atoms with E-state index in [-0.39, 0.29) is 11.9 Å². The van der Waals surface area contributed by atoms with E-state index in [1.54, 1.807) is 6.92 Å². The van der Waals surface area contributed by atoms with Crippen molar-refractivity contribution in [3.63, 3.8) is 0 Å². The number of hydrogen-bond acceptors (Lipinski definition) is 3. The highest BCUT2D eigenvalue weighted by atomic mass is 16.4. The maximum Gasteiger partial charge on any atom is 0.314 e. The van der Waals surface area contributed by atoms with Crippen LogP contribution in [0.4, 0.5) is 4.79 Å². The first-order valence-corrected chi connectivity index (χ1v) is 7.79. The van der Waals surface area contributed by atoms with Gasteiger partial charge < -0.3 is 20.6 Å². The zero-order valence-electron chi connectivity index (χ0n) is 13.8. The molecule has 124 valence electrons. The maximum absolute atomic E-state index is 11.5. The molecule has 0 bridgehead atoms. The van der Waals surface area contributed by atoms with E-state index < -0.39 is 5.97 Å². The lowest BCUT2D eigenvalue weighted by molar-refractivity contribution is -0.141. The number of urea groups is 1. The van der Waals surface area contributed by atoms with Gasteiger partial charge in [0.25, 0.3) is 0 Å². The van der Waals surface area contributed by atoms with Crippen LogP contribution in [0.2, 0.25) is 0 Å². The highest BCUT2D eigenvalue weighted by Crippen LogP contribution is 2.04. The normalized spacial score (nSPS) is 12.5. The van der Waals surface area contributed by atoms with Crippen LogP contribution in [0.5, 0.6) is 0 Å². The lowest BCUT2D eigenvalue weighted by Gasteiger charge is -2.20. The molecule has 0 spiro atoms. The Hall–Kier alpha value is -1.30. The van der Waals surface area contributed by atoms with Gasteiger partial charge in [-0.05, 0) is 53.1 Å². The molecule has 0 aromatic rings. The van der Waals surface area contributed by atoms with Crippen molar-refractivity contribution in [2.45, 2.75) is 52.5 Å². The summed E-state index contributed by atoms with van der Waals surface area (Å²) in [6, 6.07) is 0.379. The Labute approximate surface area is 128 Å². The molecular weight excluding hydrogens is 270 g/mol. The summed E-state index contributed by atoms with van der Waals surface area (Å²) in [7, 11) is 2.10. The van der Waals surface area contributed by atoms with E-state index in [0.29, 0.717) is 32.0 Å². The summed E-state index contributed by atoms with van der Waals surface area (Å²) in [6.45, 7) is 8.22. The van der Waals surface area contributed by atoms with Gasteiger partial charge >= 0.3 is 12.0 Å². The van der Waals surface area contributed by atoms with E-state index in [1.807, 2.05) is 0 Å². The second-order valence-corrected chi connectivity index (χ2v) is 5.85. The Morgan fingerprint density at radius 3 is 2.14 bits per heavy atom. The first kappa shape index (κ1) is 19.7. The number of nitrogens with one attached hydrogen (secondary N) is 2. The Bertz CT molecular complexity index is 309. The largest absolute Gasteiger partial charge is 0.481 e. The van der Waals surface area contributed by atoms with Crippen molar-refractivity contribution in [2.75, 3.05) is 26.7 Å². The van der Waals surface area contributed by atoms with Crippen LogP contribution in [0, 0.1) is 5.92 Å². The molecule has 0 aromatic heterocycles. The molecule has 0 saturated carbocycles. The first-order chi connectivity index (χ1) is 9.84. The molecule has 6 heteroatoms. The fourth-order valence-corrected chi connectivity index (χ4v) is 1.74. The molecule has 0 aliphatic heterocycles. The van der Waals surface area contributed by atoms with Gasteiger partial charge in [-0.25, -0.2) is 4.79 Å². The number of aliphatic carboxylic acids is 1. The fraction of sp³-hybridized carbons (Fsp3) is 0.867. The van der Waals surface area contributed by atoms with Gasteiger partial charge in [-0.2, -0.15) is 0 Å². The Balaban J connectivity index is 3.45. The molecule has 1 atom stereocenters. The summed E-state index contributed by atoms with van der Waals surface area (Å²) in [6.07, 6.45) is 3.28. The third-order valence-electron chi connectivity index (χ3n) is 3.63. The first-order valence-electron chi connectivity index (χ1n) is 7.79. The van der Waals surface area contributed by atoms with E-state index in [2.05, 4.69) is 36.4 Å². The predicted molar refractivity (Wildman–Crippen MR) is 84.4 cm³/mol. The van der Waals surface area contributed by atoms with E-state index in [4.69, 9.17) is 5.11 Å². The zero-order chi connectivity index (χ0) is 16.3. The van der Waals surface area contributed by atoms with Crippen LogP contribution in [-0.4, -0.2) is 54.7 Å². The van der Waals surface area contributed by atoms with Crippen molar-refractivity contribution < 1.29 is 14.7 Å². The number of carbonyl (C=O) groups excluding carboxylic acids is 1. The van der Waals surface area contributed by atoms with Gasteiger partial charge in [-0.1, -0.05) is 6.92 Å². The van der Waals surface area contributed by atoms with Crippen molar-refractivity contribution in [1.29, 1.82) is 0 Å². The minimum Gasteiger partial charge on any atom is -0.481 e. The zero-order valence-corrected chi connectivity index (χ0v) is 13.8. The average molecular weight is 301 g/mol. The molecular formula is C15H31N3O3. The van der Waals surface area contributed by atoms with Crippen molar-refractivity contribution in [3.05, 3.63) is 0 Å². The van der Waals surface area contributed by atoms with Gasteiger partial charge in [0.1, 0.15) is 0 Å². The predicted octanol–water partition coefficient (Wildman–Crippen LogP) is 1.91. The summed E-state index contributed by atoms with van der Waals surface area (Å²) in [5.41, 5.74) is 0. The van der Waals surface area contributed by atoms with Crippen LogP contribution >= 0.6 is 0 Å². The van der Waals surface area contributed by atoms with E-state index in [9.17, 15) is 9.59 Å². The van der Waals surface area contributed by atoms with E-state index in [1.165, 1.54) is 0 Å². The Morgan fingerprint density at radius 1 is 1.05 bits per heavy atom. The van der Waals surface area contributed by atoms with Crippen molar-refractivity contribution >= 4 is 12.0 Å². The highest BCUT2D eigenvalue weighted by Gasteiger charge is 2.10. The highest BCUT2D eigenvalue weighted by molar-refractivity contribution is 5.73. The molecule has 0 saturated heterocycles. The maximum atomic E-state index is 11.5. The second kappa shape index (κ2) is 11.4.